The number of hydrogen-bond donors (Lipinski definition) is 1. The van der Waals surface area contributed by atoms with Crippen LogP contribution in [0.5, 0.6) is 0 Å². The van der Waals surface area contributed by atoms with Gasteiger partial charge in [-0.1, -0.05) is 19.1 Å². The second-order valence-electron chi connectivity index (χ2n) is 8.57. The monoisotopic (exact) mass is 398 g/mol. The number of amides is 1. The summed E-state index contributed by atoms with van der Waals surface area (Å²) in [5.74, 6) is 0.284. The minimum Gasteiger partial charge on any atom is -0.373 e. The lowest BCUT2D eigenvalue weighted by molar-refractivity contribution is -0.0704. The van der Waals surface area contributed by atoms with Crippen LogP contribution >= 0.6 is 0 Å². The number of benzene rings is 1. The number of nitrogens with zero attached hydrogens (tertiary/aromatic N) is 3. The van der Waals surface area contributed by atoms with Crippen LogP contribution in [-0.4, -0.2) is 52.4 Å². The summed E-state index contributed by atoms with van der Waals surface area (Å²) >= 11 is 0. The van der Waals surface area contributed by atoms with Crippen molar-refractivity contribution in [2.45, 2.75) is 59.9 Å². The highest BCUT2D eigenvalue weighted by atomic mass is 16.5. The molecule has 1 N–H and O–H groups in total. The first-order chi connectivity index (χ1) is 13.8. The Balaban J connectivity index is 1.47. The maximum Gasteiger partial charge on any atom is 0.251 e. The summed E-state index contributed by atoms with van der Waals surface area (Å²) in [6.45, 7) is 14.6. The number of hydrogen-bond acceptors (Lipinski definition) is 4. The second-order valence-corrected chi connectivity index (χ2v) is 8.57. The molecule has 1 fully saturated rings. The first kappa shape index (κ1) is 21.5. The fraction of sp³-hybridized carbons (Fsp3) is 0.565. The van der Waals surface area contributed by atoms with Crippen LogP contribution < -0.4 is 5.32 Å². The van der Waals surface area contributed by atoms with E-state index >= 15 is 0 Å². The molecule has 0 radical (unpaired) electrons. The van der Waals surface area contributed by atoms with Crippen molar-refractivity contribution in [2.24, 2.45) is 5.92 Å². The van der Waals surface area contributed by atoms with E-state index in [0.717, 1.165) is 37.6 Å². The predicted molar refractivity (Wildman–Crippen MR) is 115 cm³/mol. The highest BCUT2D eigenvalue weighted by Crippen LogP contribution is 2.15. The van der Waals surface area contributed by atoms with E-state index in [1.54, 1.807) is 0 Å². The quantitative estimate of drug-likeness (QED) is 0.778. The predicted octanol–water partition coefficient (Wildman–Crippen LogP) is 3.18. The van der Waals surface area contributed by atoms with Crippen LogP contribution in [0.1, 0.15) is 48.1 Å². The second kappa shape index (κ2) is 9.55. The Morgan fingerprint density at radius 1 is 1.21 bits per heavy atom. The number of ether oxygens (including phenoxy) is 1. The van der Waals surface area contributed by atoms with Crippen molar-refractivity contribution >= 4 is 5.91 Å². The van der Waals surface area contributed by atoms with Gasteiger partial charge in [0.1, 0.15) is 0 Å². The third-order valence-electron chi connectivity index (χ3n) is 5.32. The fourth-order valence-corrected chi connectivity index (χ4v) is 4.02. The number of nitrogens with one attached hydrogen (secondary N) is 1. The molecule has 1 saturated heterocycles. The summed E-state index contributed by atoms with van der Waals surface area (Å²) in [6, 6.07) is 10.0. The smallest absolute Gasteiger partial charge is 0.251 e. The maximum atomic E-state index is 12.5. The first-order valence-electron chi connectivity index (χ1n) is 10.6. The summed E-state index contributed by atoms with van der Waals surface area (Å²) in [4.78, 5) is 14.9. The zero-order valence-electron chi connectivity index (χ0n) is 18.3. The molecule has 2 heterocycles. The summed E-state index contributed by atoms with van der Waals surface area (Å²) in [5.41, 5.74) is 4.11. The maximum absolute atomic E-state index is 12.5. The Morgan fingerprint density at radius 2 is 1.86 bits per heavy atom. The molecule has 1 aromatic carbocycles. The van der Waals surface area contributed by atoms with Gasteiger partial charge in [-0.2, -0.15) is 5.10 Å². The van der Waals surface area contributed by atoms with Gasteiger partial charge in [-0.25, -0.2) is 0 Å². The average Bonchev–Trinajstić information content (AvgIpc) is 2.96. The van der Waals surface area contributed by atoms with Crippen molar-refractivity contribution in [2.75, 3.05) is 19.6 Å². The van der Waals surface area contributed by atoms with Gasteiger partial charge >= 0.3 is 0 Å². The topological polar surface area (TPSA) is 59.4 Å². The van der Waals surface area contributed by atoms with Crippen LogP contribution in [0.25, 0.3) is 0 Å². The van der Waals surface area contributed by atoms with E-state index in [0.29, 0.717) is 18.0 Å². The molecule has 1 amide bonds. The first-order valence-corrected chi connectivity index (χ1v) is 10.6. The fourth-order valence-electron chi connectivity index (χ4n) is 4.02. The van der Waals surface area contributed by atoms with E-state index in [4.69, 9.17) is 4.74 Å². The van der Waals surface area contributed by atoms with Gasteiger partial charge in [0.2, 0.25) is 0 Å². The number of rotatable bonds is 7. The van der Waals surface area contributed by atoms with Gasteiger partial charge < -0.3 is 10.1 Å². The van der Waals surface area contributed by atoms with Gasteiger partial charge in [-0.3, -0.25) is 14.4 Å². The minimum absolute atomic E-state index is 0.0228. The lowest BCUT2D eigenvalue weighted by atomic mass is 10.1. The molecule has 0 bridgehead atoms. The van der Waals surface area contributed by atoms with Crippen molar-refractivity contribution in [3.63, 3.8) is 0 Å². The normalized spacial score (nSPS) is 21.1. The van der Waals surface area contributed by atoms with Crippen molar-refractivity contribution in [3.05, 3.63) is 52.8 Å². The molecule has 1 aliphatic rings. The van der Waals surface area contributed by atoms with Gasteiger partial charge in [0, 0.05) is 44.0 Å². The van der Waals surface area contributed by atoms with Crippen molar-refractivity contribution < 1.29 is 9.53 Å². The minimum atomic E-state index is -0.0228. The van der Waals surface area contributed by atoms with E-state index in [1.807, 2.05) is 23.7 Å². The van der Waals surface area contributed by atoms with Gasteiger partial charge in [-0.05, 0) is 57.4 Å². The molecule has 0 saturated carbocycles. The van der Waals surface area contributed by atoms with E-state index in [2.05, 4.69) is 61.2 Å². The van der Waals surface area contributed by atoms with E-state index in [-0.39, 0.29) is 18.1 Å². The van der Waals surface area contributed by atoms with Crippen LogP contribution in [0.2, 0.25) is 0 Å². The van der Waals surface area contributed by atoms with Crippen LogP contribution in [0, 0.1) is 19.8 Å². The number of aryl methyl sites for hydroxylation is 2. The largest absolute Gasteiger partial charge is 0.373 e. The molecule has 3 rings (SSSR count). The Kier molecular flexibility index (Phi) is 7.09. The van der Waals surface area contributed by atoms with Gasteiger partial charge in [0.25, 0.3) is 5.91 Å². The zero-order chi connectivity index (χ0) is 21.0. The third-order valence-corrected chi connectivity index (χ3v) is 5.32. The summed E-state index contributed by atoms with van der Waals surface area (Å²) < 4.78 is 7.80. The van der Waals surface area contributed by atoms with Crippen LogP contribution in [-0.2, 0) is 17.8 Å². The molecule has 158 valence electrons. The highest BCUT2D eigenvalue weighted by molar-refractivity contribution is 5.94. The molecule has 0 spiro atoms. The molecule has 1 aromatic heterocycles. The van der Waals surface area contributed by atoms with Gasteiger partial charge in [0.05, 0.1) is 17.9 Å². The van der Waals surface area contributed by atoms with Crippen LogP contribution in [0.15, 0.2) is 30.3 Å². The Labute approximate surface area is 174 Å². The molecule has 0 aliphatic carbocycles. The Morgan fingerprint density at radius 3 is 2.45 bits per heavy atom. The van der Waals surface area contributed by atoms with E-state index < -0.39 is 0 Å². The van der Waals surface area contributed by atoms with E-state index in [1.165, 1.54) is 5.56 Å². The molecule has 6 nitrogen and oxygen atoms in total. The SMILES string of the molecule is Cc1cc(C)n(C[C@H](C)CNC(=O)c2ccc(CN3C[C@@H](C)O[C@H](C)C3)cc2)n1. The van der Waals surface area contributed by atoms with E-state index in [9.17, 15) is 4.79 Å². The van der Waals surface area contributed by atoms with Crippen molar-refractivity contribution in [1.29, 1.82) is 0 Å². The molecule has 2 aromatic rings. The average molecular weight is 399 g/mol. The standard InChI is InChI=1S/C23H34N4O2/c1-16(12-27-18(3)10-17(2)25-27)11-24-23(28)22-8-6-21(7-9-22)15-26-13-19(4)29-20(5)14-26/h6-10,16,19-20H,11-15H2,1-5H3,(H,24,28)/t16-,19-,20-/m1/s1. The summed E-state index contributed by atoms with van der Waals surface area (Å²) in [7, 11) is 0. The number of carbonyl (C=O) groups excluding carboxylic acids is 1. The van der Waals surface area contributed by atoms with Crippen molar-refractivity contribution in [3.8, 4) is 0 Å². The lowest BCUT2D eigenvalue weighted by Crippen LogP contribution is -2.44. The molecule has 1 aliphatic heterocycles. The van der Waals surface area contributed by atoms with Crippen LogP contribution in [0.3, 0.4) is 0 Å². The molecule has 29 heavy (non-hydrogen) atoms. The Hall–Kier alpha value is -2.18. The van der Waals surface area contributed by atoms with Crippen molar-refractivity contribution in [1.82, 2.24) is 20.0 Å². The summed E-state index contributed by atoms with van der Waals surface area (Å²) in [5, 5.41) is 7.55. The summed E-state index contributed by atoms with van der Waals surface area (Å²) in [6.07, 6.45) is 0.528. The van der Waals surface area contributed by atoms with Gasteiger partial charge in [0.15, 0.2) is 0 Å². The number of carbonyl (C=O) groups is 1. The molecule has 0 unspecified atom stereocenters. The third kappa shape index (κ3) is 6.15. The zero-order valence-corrected chi connectivity index (χ0v) is 18.3. The molecular formula is C23H34N4O2. The number of morpholine rings is 1. The number of aromatic nitrogens is 2. The molecular weight excluding hydrogens is 364 g/mol. The molecule has 3 atom stereocenters. The lowest BCUT2D eigenvalue weighted by Gasteiger charge is -2.35. The molecule has 6 heteroatoms. The van der Waals surface area contributed by atoms with Crippen LogP contribution in [0.4, 0.5) is 0 Å². The highest BCUT2D eigenvalue weighted by Gasteiger charge is 2.22. The Bertz CT molecular complexity index is 805. The van der Waals surface area contributed by atoms with Gasteiger partial charge in [-0.15, -0.1) is 0 Å².